The van der Waals surface area contributed by atoms with Crippen molar-refractivity contribution in [2.24, 2.45) is 0 Å². The van der Waals surface area contributed by atoms with Gasteiger partial charge in [0.25, 0.3) is 5.91 Å². The number of nitrogens with zero attached hydrogens (tertiary/aromatic N) is 1. The molecule has 2 aromatic rings. The van der Waals surface area contributed by atoms with Gasteiger partial charge >= 0.3 is 0 Å². The van der Waals surface area contributed by atoms with E-state index in [0.29, 0.717) is 25.2 Å². The minimum Gasteiger partial charge on any atom is -0.351 e. The Morgan fingerprint density at radius 1 is 1.22 bits per heavy atom. The van der Waals surface area contributed by atoms with E-state index < -0.39 is 10.0 Å². The van der Waals surface area contributed by atoms with Gasteiger partial charge in [0.05, 0.1) is 8.68 Å². The van der Waals surface area contributed by atoms with Gasteiger partial charge in [-0.3, -0.25) is 4.79 Å². The van der Waals surface area contributed by atoms with Crippen molar-refractivity contribution >= 4 is 55.0 Å². The van der Waals surface area contributed by atoms with Crippen LogP contribution in [0.15, 0.2) is 45.1 Å². The molecule has 1 fully saturated rings. The molecular weight excluding hydrogens is 468 g/mol. The second-order valence-electron chi connectivity index (χ2n) is 6.15. The summed E-state index contributed by atoms with van der Waals surface area (Å²) in [6, 6.07) is 10.4. The summed E-state index contributed by atoms with van der Waals surface area (Å²) in [5.74, 6) is 1.47. The van der Waals surface area contributed by atoms with Crippen LogP contribution in [0.5, 0.6) is 0 Å². The van der Waals surface area contributed by atoms with E-state index >= 15 is 0 Å². The normalized spacial score (nSPS) is 15.1. The smallest absolute Gasteiger partial charge is 0.251 e. The number of benzene rings is 1. The molecule has 1 aliphatic rings. The molecular formula is C18H21BrN2O3S3. The summed E-state index contributed by atoms with van der Waals surface area (Å²) in [5, 5.41) is 2.86. The first kappa shape index (κ1) is 20.9. The monoisotopic (exact) mass is 488 g/mol. The van der Waals surface area contributed by atoms with Crippen molar-refractivity contribution in [1.82, 2.24) is 9.62 Å². The fraction of sp³-hybridized carbons (Fsp3) is 0.389. The Hall–Kier alpha value is -0.870. The zero-order valence-corrected chi connectivity index (χ0v) is 18.7. The highest BCUT2D eigenvalue weighted by molar-refractivity contribution is 9.11. The molecule has 1 aliphatic heterocycles. The first-order chi connectivity index (χ1) is 13.0. The quantitative estimate of drug-likeness (QED) is 0.571. The van der Waals surface area contributed by atoms with Crippen LogP contribution in [0.1, 0.15) is 28.1 Å². The Bertz CT molecular complexity index is 893. The van der Waals surface area contributed by atoms with Crippen LogP contribution in [0.2, 0.25) is 0 Å². The molecule has 0 bridgehead atoms. The maximum Gasteiger partial charge on any atom is 0.251 e. The molecule has 3 rings (SSSR count). The predicted molar refractivity (Wildman–Crippen MR) is 115 cm³/mol. The van der Waals surface area contributed by atoms with E-state index in [2.05, 4.69) is 27.3 Å². The van der Waals surface area contributed by atoms with E-state index in [1.165, 1.54) is 15.2 Å². The Kier molecular flexibility index (Phi) is 7.38. The van der Waals surface area contributed by atoms with E-state index in [-0.39, 0.29) is 10.8 Å². The number of hydrogen-bond acceptors (Lipinski definition) is 5. The average Bonchev–Trinajstić information content (AvgIpc) is 3.33. The number of thiophene rings is 1. The third kappa shape index (κ3) is 5.57. The maximum atomic E-state index is 12.6. The van der Waals surface area contributed by atoms with Crippen molar-refractivity contribution in [2.45, 2.75) is 23.5 Å². The van der Waals surface area contributed by atoms with Crippen LogP contribution in [-0.2, 0) is 15.8 Å². The summed E-state index contributed by atoms with van der Waals surface area (Å²) in [6.45, 7) is 1.65. The molecule has 1 N–H and O–H groups in total. The first-order valence-corrected chi connectivity index (χ1v) is 12.9. The molecule has 27 heavy (non-hydrogen) atoms. The van der Waals surface area contributed by atoms with E-state index in [1.54, 1.807) is 41.3 Å². The summed E-state index contributed by atoms with van der Waals surface area (Å²) in [6.07, 6.45) is 1.78. The van der Waals surface area contributed by atoms with E-state index in [0.717, 1.165) is 28.1 Å². The molecule has 1 amide bonds. The molecule has 1 saturated heterocycles. The minimum absolute atomic E-state index is 0.190. The Morgan fingerprint density at radius 3 is 2.70 bits per heavy atom. The van der Waals surface area contributed by atoms with Crippen LogP contribution in [0.3, 0.4) is 0 Å². The lowest BCUT2D eigenvalue weighted by molar-refractivity contribution is 0.0956. The standard InChI is InChI=1S/C18H21BrN2O3S3/c19-17-7-6-15(26-17)13-25-11-8-20-18(22)14-4-3-5-16(12-14)27(23,24)21-9-1-2-10-21/h3-7,12H,1-2,8-11,13H2,(H,20,22). The summed E-state index contributed by atoms with van der Waals surface area (Å²) in [4.78, 5) is 13.8. The largest absolute Gasteiger partial charge is 0.351 e. The molecule has 1 aromatic carbocycles. The molecule has 0 unspecified atom stereocenters. The number of thioether (sulfide) groups is 1. The highest BCUT2D eigenvalue weighted by Gasteiger charge is 2.27. The number of sulfonamides is 1. The molecule has 0 atom stereocenters. The number of rotatable bonds is 8. The van der Waals surface area contributed by atoms with Crippen LogP contribution in [0, 0.1) is 0 Å². The molecule has 146 valence electrons. The van der Waals surface area contributed by atoms with Crippen LogP contribution >= 0.6 is 39.0 Å². The Balaban J connectivity index is 1.51. The first-order valence-electron chi connectivity index (χ1n) is 8.67. The fourth-order valence-corrected chi connectivity index (χ4v) is 6.83. The van der Waals surface area contributed by atoms with Crippen molar-refractivity contribution in [3.05, 3.63) is 50.6 Å². The minimum atomic E-state index is -3.51. The lowest BCUT2D eigenvalue weighted by Gasteiger charge is -2.16. The summed E-state index contributed by atoms with van der Waals surface area (Å²) in [7, 11) is -3.51. The van der Waals surface area contributed by atoms with Gasteiger partial charge in [0.15, 0.2) is 0 Å². The van der Waals surface area contributed by atoms with Crippen LogP contribution in [0.4, 0.5) is 0 Å². The Morgan fingerprint density at radius 2 is 2.00 bits per heavy atom. The number of amides is 1. The second-order valence-corrected chi connectivity index (χ2v) is 11.7. The third-order valence-electron chi connectivity index (χ3n) is 4.20. The Labute approximate surface area is 176 Å². The van der Waals surface area contributed by atoms with Gasteiger partial charge in [-0.15, -0.1) is 11.3 Å². The lowest BCUT2D eigenvalue weighted by Crippen LogP contribution is -2.29. The van der Waals surface area contributed by atoms with Crippen LogP contribution in [-0.4, -0.2) is 44.0 Å². The zero-order chi connectivity index (χ0) is 19.3. The SMILES string of the molecule is O=C(NCCSCc1ccc(Br)s1)c1cccc(S(=O)(=O)N2CCCC2)c1. The number of nitrogens with one attached hydrogen (secondary N) is 1. The van der Waals surface area contributed by atoms with Gasteiger partial charge in [0.2, 0.25) is 10.0 Å². The van der Waals surface area contributed by atoms with Gasteiger partial charge in [-0.1, -0.05) is 6.07 Å². The highest BCUT2D eigenvalue weighted by atomic mass is 79.9. The second kappa shape index (κ2) is 9.56. The fourth-order valence-electron chi connectivity index (χ4n) is 2.82. The van der Waals surface area contributed by atoms with Gasteiger partial charge in [-0.05, 0) is 59.1 Å². The maximum absolute atomic E-state index is 12.6. The topological polar surface area (TPSA) is 66.5 Å². The van der Waals surface area contributed by atoms with Crippen molar-refractivity contribution in [1.29, 1.82) is 0 Å². The van der Waals surface area contributed by atoms with Gasteiger partial charge in [0, 0.05) is 41.6 Å². The molecule has 1 aromatic heterocycles. The molecule has 0 saturated carbocycles. The van der Waals surface area contributed by atoms with Crippen molar-refractivity contribution < 1.29 is 13.2 Å². The summed E-state index contributed by atoms with van der Waals surface area (Å²) in [5.41, 5.74) is 0.377. The zero-order valence-electron chi connectivity index (χ0n) is 14.7. The number of carbonyl (C=O) groups is 1. The van der Waals surface area contributed by atoms with Gasteiger partial charge in [0.1, 0.15) is 0 Å². The lowest BCUT2D eigenvalue weighted by atomic mass is 10.2. The van der Waals surface area contributed by atoms with Crippen molar-refractivity contribution in [3.8, 4) is 0 Å². The molecule has 2 heterocycles. The number of halogens is 1. The van der Waals surface area contributed by atoms with Gasteiger partial charge in [-0.25, -0.2) is 8.42 Å². The highest BCUT2D eigenvalue weighted by Crippen LogP contribution is 2.25. The molecule has 5 nitrogen and oxygen atoms in total. The van der Waals surface area contributed by atoms with E-state index in [4.69, 9.17) is 0 Å². The van der Waals surface area contributed by atoms with Crippen LogP contribution in [0.25, 0.3) is 0 Å². The van der Waals surface area contributed by atoms with Crippen molar-refractivity contribution in [3.63, 3.8) is 0 Å². The van der Waals surface area contributed by atoms with Crippen molar-refractivity contribution in [2.75, 3.05) is 25.4 Å². The third-order valence-corrected chi connectivity index (χ3v) is 8.91. The molecule has 0 spiro atoms. The van der Waals surface area contributed by atoms with Crippen LogP contribution < -0.4 is 5.32 Å². The van der Waals surface area contributed by atoms with E-state index in [9.17, 15) is 13.2 Å². The molecule has 0 radical (unpaired) electrons. The summed E-state index contributed by atoms with van der Waals surface area (Å²) < 4.78 is 27.9. The summed E-state index contributed by atoms with van der Waals surface area (Å²) >= 11 is 6.91. The average molecular weight is 489 g/mol. The number of carbonyl (C=O) groups excluding carboxylic acids is 1. The number of hydrogen-bond donors (Lipinski definition) is 1. The van der Waals surface area contributed by atoms with Gasteiger partial charge in [-0.2, -0.15) is 16.1 Å². The van der Waals surface area contributed by atoms with E-state index in [1.807, 2.05) is 6.07 Å². The van der Waals surface area contributed by atoms with Gasteiger partial charge < -0.3 is 5.32 Å². The molecule has 0 aliphatic carbocycles. The predicted octanol–water partition coefficient (Wildman–Crippen LogP) is 3.96. The molecule has 9 heteroatoms.